The number of carbonyl (C=O) groups excluding carboxylic acids is 2. The molecule has 0 spiro atoms. The number of nitrogens with zero attached hydrogens (tertiary/aromatic N) is 1. The largest absolute Gasteiger partial charge is 0.508 e. The van der Waals surface area contributed by atoms with Crippen LogP contribution in [0.5, 0.6) is 23.0 Å². The zero-order valence-electron chi connectivity index (χ0n) is 20.8. The first-order valence-corrected chi connectivity index (χ1v) is 12.0. The molecule has 5 rings (SSSR count). The average molecular weight is 508 g/mol. The van der Waals surface area contributed by atoms with Crippen molar-refractivity contribution < 1.29 is 29.3 Å². The number of phenols is 1. The minimum Gasteiger partial charge on any atom is -0.508 e. The molecule has 190 valence electrons. The Labute approximate surface area is 219 Å². The summed E-state index contributed by atoms with van der Waals surface area (Å²) in [6.07, 6.45) is 0. The first-order valence-electron chi connectivity index (χ1n) is 12.0. The standard InChI is InChI=1S/C31H25NO6/c1-19-8-17-26(37-2)25(18-19)29(34)27-28(20-9-13-22(33)14-10-20)32(31(36)30(27)35)21-11-15-24(16-12-21)38-23-6-4-3-5-7-23/h3-18,28,33-34H,1-2H3/b29-27+. The predicted molar refractivity (Wildman–Crippen MR) is 144 cm³/mol. The second-order valence-corrected chi connectivity index (χ2v) is 8.87. The molecule has 7 heteroatoms. The van der Waals surface area contributed by atoms with Gasteiger partial charge >= 0.3 is 0 Å². The number of phenolic OH excluding ortho intramolecular Hbond substituents is 1. The monoisotopic (exact) mass is 507 g/mol. The molecule has 0 aliphatic carbocycles. The van der Waals surface area contributed by atoms with E-state index in [-0.39, 0.29) is 17.1 Å². The Morgan fingerprint density at radius 3 is 2.16 bits per heavy atom. The predicted octanol–water partition coefficient (Wildman–Crippen LogP) is 6.13. The smallest absolute Gasteiger partial charge is 0.300 e. The van der Waals surface area contributed by atoms with Crippen LogP contribution in [0.1, 0.15) is 22.7 Å². The van der Waals surface area contributed by atoms with E-state index in [0.717, 1.165) is 5.56 Å². The van der Waals surface area contributed by atoms with Crippen LogP contribution in [0.2, 0.25) is 0 Å². The highest BCUT2D eigenvalue weighted by molar-refractivity contribution is 6.51. The number of rotatable bonds is 6. The van der Waals surface area contributed by atoms with Gasteiger partial charge in [0, 0.05) is 5.69 Å². The van der Waals surface area contributed by atoms with E-state index in [1.807, 2.05) is 43.3 Å². The van der Waals surface area contributed by atoms with E-state index < -0.39 is 17.7 Å². The van der Waals surface area contributed by atoms with Gasteiger partial charge in [-0.25, -0.2) is 0 Å². The first kappa shape index (κ1) is 24.6. The number of aliphatic hydroxyl groups excluding tert-OH is 1. The number of para-hydroxylation sites is 1. The number of amides is 1. The minimum absolute atomic E-state index is 0.0356. The van der Waals surface area contributed by atoms with E-state index in [1.54, 1.807) is 48.5 Å². The van der Waals surface area contributed by atoms with Gasteiger partial charge in [0.25, 0.3) is 11.7 Å². The van der Waals surface area contributed by atoms with Gasteiger partial charge in [-0.15, -0.1) is 0 Å². The van der Waals surface area contributed by atoms with E-state index in [2.05, 4.69) is 0 Å². The zero-order valence-corrected chi connectivity index (χ0v) is 20.8. The summed E-state index contributed by atoms with van der Waals surface area (Å²) in [5, 5.41) is 21.3. The lowest BCUT2D eigenvalue weighted by Gasteiger charge is -2.26. The molecular formula is C31H25NO6. The van der Waals surface area contributed by atoms with Crippen molar-refractivity contribution in [1.29, 1.82) is 0 Å². The lowest BCUT2D eigenvalue weighted by atomic mass is 9.94. The molecular weight excluding hydrogens is 482 g/mol. The maximum Gasteiger partial charge on any atom is 0.300 e. The summed E-state index contributed by atoms with van der Waals surface area (Å²) in [6, 6.07) is 26.5. The fraction of sp³-hybridized carbons (Fsp3) is 0.0968. The van der Waals surface area contributed by atoms with Gasteiger partial charge in [0.2, 0.25) is 0 Å². The maximum atomic E-state index is 13.4. The number of anilines is 1. The summed E-state index contributed by atoms with van der Waals surface area (Å²) in [7, 11) is 1.47. The molecule has 1 amide bonds. The Bertz CT molecular complexity index is 1530. The molecule has 7 nitrogen and oxygen atoms in total. The molecule has 0 aromatic heterocycles. The van der Waals surface area contributed by atoms with Gasteiger partial charge in [-0.1, -0.05) is 42.0 Å². The topological polar surface area (TPSA) is 96.3 Å². The van der Waals surface area contributed by atoms with Gasteiger partial charge in [-0.3, -0.25) is 14.5 Å². The molecule has 1 unspecified atom stereocenters. The Hall–Kier alpha value is -5.04. The van der Waals surface area contributed by atoms with Crippen molar-refractivity contribution in [2.24, 2.45) is 0 Å². The summed E-state index contributed by atoms with van der Waals surface area (Å²) < 4.78 is 11.3. The number of ketones is 1. The molecule has 1 saturated heterocycles. The third-order valence-electron chi connectivity index (χ3n) is 6.36. The van der Waals surface area contributed by atoms with Crippen molar-refractivity contribution in [2.45, 2.75) is 13.0 Å². The fourth-order valence-electron chi connectivity index (χ4n) is 4.52. The Kier molecular flexibility index (Phi) is 6.58. The Balaban J connectivity index is 1.62. The minimum atomic E-state index is -0.943. The number of hydrogen-bond acceptors (Lipinski definition) is 6. The van der Waals surface area contributed by atoms with Crippen molar-refractivity contribution in [2.75, 3.05) is 12.0 Å². The van der Waals surface area contributed by atoms with E-state index in [4.69, 9.17) is 9.47 Å². The number of benzene rings is 4. The normalized spacial score (nSPS) is 16.5. The molecule has 4 aromatic rings. The number of methoxy groups -OCH3 is 1. The summed E-state index contributed by atoms with van der Waals surface area (Å²) in [5.41, 5.74) is 2.06. The molecule has 1 aliphatic heterocycles. The van der Waals surface area contributed by atoms with Crippen LogP contribution in [0.25, 0.3) is 5.76 Å². The molecule has 1 atom stereocenters. The Morgan fingerprint density at radius 1 is 0.842 bits per heavy atom. The number of Topliss-reactive ketones (excluding diaryl/α,β-unsaturated/α-hetero) is 1. The third kappa shape index (κ3) is 4.57. The average Bonchev–Trinajstić information content (AvgIpc) is 3.20. The highest BCUT2D eigenvalue weighted by Crippen LogP contribution is 2.44. The molecule has 1 fully saturated rings. The summed E-state index contributed by atoms with van der Waals surface area (Å²) >= 11 is 0. The van der Waals surface area contributed by atoms with E-state index in [9.17, 15) is 19.8 Å². The van der Waals surface area contributed by atoms with E-state index in [1.165, 1.54) is 24.1 Å². The van der Waals surface area contributed by atoms with Gasteiger partial charge in [-0.05, 0) is 73.2 Å². The fourth-order valence-corrected chi connectivity index (χ4v) is 4.52. The zero-order chi connectivity index (χ0) is 26.8. The highest BCUT2D eigenvalue weighted by atomic mass is 16.5. The second kappa shape index (κ2) is 10.1. The number of aryl methyl sites for hydroxylation is 1. The molecule has 0 bridgehead atoms. The van der Waals surface area contributed by atoms with Crippen LogP contribution in [0, 0.1) is 6.92 Å². The van der Waals surface area contributed by atoms with Gasteiger partial charge in [0.1, 0.15) is 28.8 Å². The SMILES string of the molecule is COc1ccc(C)cc1/C(O)=C1\C(=O)C(=O)N(c2ccc(Oc3ccccc3)cc2)C1c1ccc(O)cc1. The molecule has 38 heavy (non-hydrogen) atoms. The number of hydrogen-bond donors (Lipinski definition) is 2. The Morgan fingerprint density at radius 2 is 1.50 bits per heavy atom. The number of aliphatic hydroxyl groups is 1. The number of ether oxygens (including phenoxy) is 2. The van der Waals surface area contributed by atoms with Gasteiger partial charge in [0.05, 0.1) is 24.3 Å². The van der Waals surface area contributed by atoms with Crippen molar-refractivity contribution >= 4 is 23.1 Å². The second-order valence-electron chi connectivity index (χ2n) is 8.87. The lowest BCUT2D eigenvalue weighted by molar-refractivity contribution is -0.132. The van der Waals surface area contributed by atoms with Gasteiger partial charge in [-0.2, -0.15) is 0 Å². The van der Waals surface area contributed by atoms with E-state index in [0.29, 0.717) is 34.1 Å². The molecule has 2 N–H and O–H groups in total. The van der Waals surface area contributed by atoms with Crippen LogP contribution in [-0.4, -0.2) is 29.0 Å². The van der Waals surface area contributed by atoms with Crippen LogP contribution < -0.4 is 14.4 Å². The van der Waals surface area contributed by atoms with Crippen LogP contribution in [0.3, 0.4) is 0 Å². The van der Waals surface area contributed by atoms with Crippen LogP contribution in [0.4, 0.5) is 5.69 Å². The van der Waals surface area contributed by atoms with Crippen LogP contribution in [-0.2, 0) is 9.59 Å². The van der Waals surface area contributed by atoms with Gasteiger partial charge in [0.15, 0.2) is 0 Å². The van der Waals surface area contributed by atoms with Crippen molar-refractivity contribution in [3.8, 4) is 23.0 Å². The summed E-state index contributed by atoms with van der Waals surface area (Å²) in [6.45, 7) is 1.85. The van der Waals surface area contributed by atoms with E-state index >= 15 is 0 Å². The molecule has 0 radical (unpaired) electrons. The van der Waals surface area contributed by atoms with Crippen molar-refractivity contribution in [3.05, 3.63) is 119 Å². The summed E-state index contributed by atoms with van der Waals surface area (Å²) in [5.74, 6) is -0.325. The number of carbonyl (C=O) groups is 2. The third-order valence-corrected chi connectivity index (χ3v) is 6.36. The molecule has 4 aromatic carbocycles. The van der Waals surface area contributed by atoms with Crippen molar-refractivity contribution in [1.82, 2.24) is 0 Å². The number of aromatic hydroxyl groups is 1. The van der Waals surface area contributed by atoms with Crippen LogP contribution >= 0.6 is 0 Å². The molecule has 1 heterocycles. The van der Waals surface area contributed by atoms with Gasteiger partial charge < -0.3 is 19.7 Å². The summed E-state index contributed by atoms with van der Waals surface area (Å²) in [4.78, 5) is 28.2. The molecule has 1 aliphatic rings. The van der Waals surface area contributed by atoms with Crippen LogP contribution in [0.15, 0.2) is 103 Å². The molecule has 0 saturated carbocycles. The highest BCUT2D eigenvalue weighted by Gasteiger charge is 2.47. The first-order chi connectivity index (χ1) is 18.4. The van der Waals surface area contributed by atoms with Crippen molar-refractivity contribution in [3.63, 3.8) is 0 Å². The maximum absolute atomic E-state index is 13.4. The quantitative estimate of drug-likeness (QED) is 0.185. The lowest BCUT2D eigenvalue weighted by Crippen LogP contribution is -2.29.